The number of benzene rings is 2. The van der Waals surface area contributed by atoms with Crippen LogP contribution in [0, 0.1) is 0 Å². The monoisotopic (exact) mass is 444 g/mol. The van der Waals surface area contributed by atoms with E-state index in [4.69, 9.17) is 13.9 Å². The van der Waals surface area contributed by atoms with Gasteiger partial charge in [-0.15, -0.1) is 0 Å². The molecule has 1 N–H and O–H groups in total. The van der Waals surface area contributed by atoms with Gasteiger partial charge in [0.05, 0.1) is 0 Å². The van der Waals surface area contributed by atoms with Crippen LogP contribution < -0.4 is 10.4 Å². The summed E-state index contributed by atoms with van der Waals surface area (Å²) in [5, 5.41) is 13.1. The minimum Gasteiger partial charge on any atom is -0.405 e. The normalized spacial score (nSPS) is 14.6. The highest BCUT2D eigenvalue weighted by atomic mass is 28.4. The van der Waals surface area contributed by atoms with Crippen molar-refractivity contribution in [1.82, 2.24) is 0 Å². The van der Waals surface area contributed by atoms with Gasteiger partial charge in [0.2, 0.25) is 0 Å². The van der Waals surface area contributed by atoms with Gasteiger partial charge in [-0.2, -0.15) is 0 Å². The maximum atomic E-state index is 10.6. The Labute approximate surface area is 189 Å². The molecule has 0 radical (unpaired) electrons. The van der Waals surface area contributed by atoms with Crippen molar-refractivity contribution in [3.63, 3.8) is 0 Å². The Morgan fingerprint density at radius 1 is 0.806 bits per heavy atom. The molecule has 0 heterocycles. The molecule has 2 aromatic carbocycles. The van der Waals surface area contributed by atoms with Crippen LogP contribution in [0.3, 0.4) is 0 Å². The van der Waals surface area contributed by atoms with E-state index in [2.05, 4.69) is 88.4 Å². The Kier molecular flexibility index (Phi) is 9.91. The van der Waals surface area contributed by atoms with Gasteiger partial charge in [0.15, 0.2) is 6.29 Å². The molecule has 4 nitrogen and oxygen atoms in total. The zero-order valence-corrected chi connectivity index (χ0v) is 21.0. The van der Waals surface area contributed by atoms with Crippen LogP contribution in [-0.4, -0.2) is 45.1 Å². The molecule has 2 aromatic rings. The third-order valence-corrected chi connectivity index (χ3v) is 10.8. The summed E-state index contributed by atoms with van der Waals surface area (Å²) in [6.45, 7) is 13.8. The first-order chi connectivity index (χ1) is 14.8. The van der Waals surface area contributed by atoms with Crippen LogP contribution in [0.4, 0.5) is 0 Å². The van der Waals surface area contributed by atoms with E-state index in [1.165, 1.54) is 10.4 Å². The molecule has 0 aliphatic heterocycles. The van der Waals surface area contributed by atoms with Crippen LogP contribution in [0.15, 0.2) is 60.7 Å². The number of ether oxygens (including phenoxy) is 2. The predicted molar refractivity (Wildman–Crippen MR) is 130 cm³/mol. The van der Waals surface area contributed by atoms with E-state index >= 15 is 0 Å². The van der Waals surface area contributed by atoms with Crippen molar-refractivity contribution in [2.75, 3.05) is 13.2 Å². The van der Waals surface area contributed by atoms with Crippen LogP contribution in [0.5, 0.6) is 0 Å². The summed E-state index contributed by atoms with van der Waals surface area (Å²) in [6.07, 6.45) is -0.00294. The molecule has 0 amide bonds. The fourth-order valence-corrected chi connectivity index (χ4v) is 8.93. The Morgan fingerprint density at radius 2 is 1.26 bits per heavy atom. The fraction of sp³-hybridized carbons (Fsp3) is 0.538. The van der Waals surface area contributed by atoms with Gasteiger partial charge in [0.1, 0.15) is 6.10 Å². The van der Waals surface area contributed by atoms with Gasteiger partial charge in [-0.25, -0.2) is 0 Å². The number of rotatable bonds is 12. The van der Waals surface area contributed by atoms with Crippen LogP contribution in [0.1, 0.15) is 54.4 Å². The molecular formula is C26H40O4Si. The second kappa shape index (κ2) is 11.9. The average molecular weight is 445 g/mol. The third-order valence-electron chi connectivity index (χ3n) is 5.64. The number of hydrogen-bond acceptors (Lipinski definition) is 4. The van der Waals surface area contributed by atoms with E-state index in [0.717, 1.165) is 6.42 Å². The lowest BCUT2D eigenvalue weighted by Gasteiger charge is -2.44. The third kappa shape index (κ3) is 6.50. The number of aliphatic hydroxyl groups is 1. The Bertz CT molecular complexity index is 700. The van der Waals surface area contributed by atoms with Gasteiger partial charge < -0.3 is 19.0 Å². The van der Waals surface area contributed by atoms with E-state index in [9.17, 15) is 5.11 Å². The highest BCUT2D eigenvalue weighted by Crippen LogP contribution is 2.38. The van der Waals surface area contributed by atoms with Crippen molar-refractivity contribution >= 4 is 18.7 Å². The smallest absolute Gasteiger partial charge is 0.261 e. The maximum absolute atomic E-state index is 10.6. The summed E-state index contributed by atoms with van der Waals surface area (Å²) in [5.74, 6) is 0. The lowest BCUT2D eigenvalue weighted by molar-refractivity contribution is -0.191. The molecule has 0 saturated heterocycles. The van der Waals surface area contributed by atoms with Crippen molar-refractivity contribution < 1.29 is 19.0 Å². The molecule has 0 aliphatic rings. The van der Waals surface area contributed by atoms with Crippen molar-refractivity contribution in [3.8, 4) is 0 Å². The second-order valence-corrected chi connectivity index (χ2v) is 13.3. The first-order valence-corrected chi connectivity index (χ1v) is 13.4. The van der Waals surface area contributed by atoms with E-state index < -0.39 is 20.7 Å². The number of aliphatic hydroxyl groups excluding tert-OH is 1. The molecule has 172 valence electrons. The van der Waals surface area contributed by atoms with Gasteiger partial charge in [0.25, 0.3) is 8.32 Å². The first kappa shape index (κ1) is 25.8. The van der Waals surface area contributed by atoms with Crippen LogP contribution in [0.25, 0.3) is 0 Å². The second-order valence-electron chi connectivity index (χ2n) is 9.02. The fourth-order valence-electron chi connectivity index (χ4n) is 4.19. The summed E-state index contributed by atoms with van der Waals surface area (Å²) in [7, 11) is -2.59. The Balaban J connectivity index is 2.30. The van der Waals surface area contributed by atoms with Crippen molar-refractivity contribution in [2.24, 2.45) is 0 Å². The van der Waals surface area contributed by atoms with Gasteiger partial charge in [-0.3, -0.25) is 0 Å². The van der Waals surface area contributed by atoms with E-state index in [1.807, 2.05) is 13.8 Å². The molecule has 0 saturated carbocycles. The van der Waals surface area contributed by atoms with Crippen molar-refractivity contribution in [1.29, 1.82) is 0 Å². The minimum absolute atomic E-state index is 0.0233. The first-order valence-electron chi connectivity index (χ1n) is 11.5. The van der Waals surface area contributed by atoms with Crippen LogP contribution in [0.2, 0.25) is 5.04 Å². The Morgan fingerprint density at radius 3 is 1.65 bits per heavy atom. The highest BCUT2D eigenvalue weighted by molar-refractivity contribution is 6.99. The van der Waals surface area contributed by atoms with Crippen LogP contribution >= 0.6 is 0 Å². The topological polar surface area (TPSA) is 47.9 Å². The van der Waals surface area contributed by atoms with Gasteiger partial charge >= 0.3 is 0 Å². The zero-order valence-electron chi connectivity index (χ0n) is 20.0. The van der Waals surface area contributed by atoms with Gasteiger partial charge in [-0.05, 0) is 49.0 Å². The van der Waals surface area contributed by atoms with E-state index in [1.54, 1.807) is 0 Å². The summed E-state index contributed by atoms with van der Waals surface area (Å²) in [6, 6.07) is 21.3. The largest absolute Gasteiger partial charge is 0.405 e. The standard InChI is InChI=1S/C26H40O4Si/c1-7-28-25(29-8-2)24(27)20-19-21(3)30-31(26(4,5)6,22-15-11-9-12-16-22)23-17-13-10-14-18-23/h9-18,21,24-25,27H,7-8,19-20H2,1-6H3/t21-,24-/m0/s1. The van der Waals surface area contributed by atoms with Crippen LogP contribution in [-0.2, 0) is 13.9 Å². The molecule has 0 spiro atoms. The highest BCUT2D eigenvalue weighted by Gasteiger charge is 2.50. The average Bonchev–Trinajstić information content (AvgIpc) is 2.76. The van der Waals surface area contributed by atoms with Crippen molar-refractivity contribution in [3.05, 3.63) is 60.7 Å². The Hall–Kier alpha value is -1.50. The van der Waals surface area contributed by atoms with E-state index in [-0.39, 0.29) is 11.1 Å². The molecule has 5 heteroatoms. The predicted octanol–water partition coefficient (Wildman–Crippen LogP) is 4.49. The number of hydrogen-bond donors (Lipinski definition) is 1. The molecule has 0 unspecified atom stereocenters. The summed E-state index contributed by atoms with van der Waals surface area (Å²) < 4.78 is 18.2. The lowest BCUT2D eigenvalue weighted by atomic mass is 10.1. The summed E-state index contributed by atoms with van der Waals surface area (Å²) in [4.78, 5) is 0. The van der Waals surface area contributed by atoms with Gasteiger partial charge in [-0.1, -0.05) is 81.4 Å². The molecular weight excluding hydrogens is 404 g/mol. The summed E-state index contributed by atoms with van der Waals surface area (Å²) >= 11 is 0. The molecule has 0 aromatic heterocycles. The molecule has 0 aliphatic carbocycles. The zero-order chi connectivity index (χ0) is 22.9. The van der Waals surface area contributed by atoms with Gasteiger partial charge in [0, 0.05) is 19.3 Å². The minimum atomic E-state index is -2.59. The molecule has 31 heavy (non-hydrogen) atoms. The summed E-state index contributed by atoms with van der Waals surface area (Å²) in [5.41, 5.74) is 0. The SMILES string of the molecule is CCOC(OCC)[C@@H](O)CC[C@H](C)O[Si](c1ccccc1)(c1ccccc1)C(C)(C)C. The quantitative estimate of drug-likeness (QED) is 0.387. The molecule has 0 bridgehead atoms. The van der Waals surface area contributed by atoms with E-state index in [0.29, 0.717) is 19.6 Å². The lowest BCUT2D eigenvalue weighted by Crippen LogP contribution is -2.67. The molecule has 2 rings (SSSR count). The maximum Gasteiger partial charge on any atom is 0.261 e. The molecule has 0 fully saturated rings. The molecule has 2 atom stereocenters. The van der Waals surface area contributed by atoms with Crippen molar-refractivity contribution in [2.45, 2.75) is 77.9 Å².